The quantitative estimate of drug-likeness (QED) is 0.742. The summed E-state index contributed by atoms with van der Waals surface area (Å²) >= 11 is 0. The summed E-state index contributed by atoms with van der Waals surface area (Å²) in [5.74, 6) is 0. The highest BCUT2D eigenvalue weighted by Gasteiger charge is 2.24. The largest absolute Gasteiger partial charge is 0.463 e. The van der Waals surface area contributed by atoms with Crippen molar-refractivity contribution in [3.05, 3.63) is 29.6 Å². The summed E-state index contributed by atoms with van der Waals surface area (Å²) in [4.78, 5) is 8.60. The molecule has 1 aliphatic heterocycles. The van der Waals surface area contributed by atoms with Gasteiger partial charge in [0.05, 0.1) is 12.6 Å². The lowest BCUT2D eigenvalue weighted by Crippen LogP contribution is -2.27. The number of nitrogens with zero attached hydrogens (tertiary/aromatic N) is 2. The van der Waals surface area contributed by atoms with E-state index >= 15 is 0 Å². The summed E-state index contributed by atoms with van der Waals surface area (Å²) in [6, 6.07) is 5.13. The van der Waals surface area contributed by atoms with Crippen molar-refractivity contribution in [1.82, 2.24) is 10.3 Å². The molecule has 0 fully saturated rings. The van der Waals surface area contributed by atoms with Crippen LogP contribution in [0.2, 0.25) is 0 Å². The average molecular weight is 203 g/mol. The molecule has 1 unspecified atom stereocenters. The second-order valence-electron chi connectivity index (χ2n) is 3.81. The lowest BCUT2D eigenvalue weighted by molar-refractivity contribution is 0.325. The normalized spacial score (nSPS) is 23.2. The van der Waals surface area contributed by atoms with Crippen LogP contribution in [0.4, 0.5) is 0 Å². The number of aliphatic imine (C=N–C) groups is 1. The highest BCUT2D eigenvalue weighted by Crippen LogP contribution is 2.29. The van der Waals surface area contributed by atoms with Crippen LogP contribution in [0.5, 0.6) is 0 Å². The van der Waals surface area contributed by atoms with E-state index in [1.165, 1.54) is 11.3 Å². The Kier molecular flexibility index (Phi) is 2.05. The summed E-state index contributed by atoms with van der Waals surface area (Å²) in [5.41, 5.74) is 2.49. The van der Waals surface area contributed by atoms with E-state index in [1.807, 2.05) is 12.3 Å². The molecule has 1 aliphatic carbocycles. The van der Waals surface area contributed by atoms with Gasteiger partial charge in [-0.15, -0.1) is 0 Å². The van der Waals surface area contributed by atoms with Crippen LogP contribution in [-0.4, -0.2) is 24.2 Å². The van der Waals surface area contributed by atoms with E-state index in [9.17, 15) is 0 Å². The van der Waals surface area contributed by atoms with Crippen molar-refractivity contribution in [3.63, 3.8) is 0 Å². The van der Waals surface area contributed by atoms with Crippen molar-refractivity contribution in [2.75, 3.05) is 13.2 Å². The van der Waals surface area contributed by atoms with Gasteiger partial charge in [0.2, 0.25) is 0 Å². The van der Waals surface area contributed by atoms with Gasteiger partial charge in [0, 0.05) is 11.9 Å². The molecular formula is C11H13N3O. The van der Waals surface area contributed by atoms with Crippen LogP contribution in [0.3, 0.4) is 0 Å². The summed E-state index contributed by atoms with van der Waals surface area (Å²) in [6.07, 6.45) is 3.97. The minimum Gasteiger partial charge on any atom is -0.463 e. The van der Waals surface area contributed by atoms with Crippen LogP contribution >= 0.6 is 0 Å². The third-order valence-corrected chi connectivity index (χ3v) is 2.85. The molecule has 1 N–H and O–H groups in total. The predicted octanol–water partition coefficient (Wildman–Crippen LogP) is 1.04. The zero-order chi connectivity index (χ0) is 10.1. The van der Waals surface area contributed by atoms with E-state index in [0.29, 0.717) is 18.7 Å². The molecule has 1 aromatic heterocycles. The first-order chi connectivity index (χ1) is 7.43. The fraction of sp³-hybridized carbons (Fsp3) is 0.455. The Labute approximate surface area is 88.4 Å². The van der Waals surface area contributed by atoms with E-state index in [2.05, 4.69) is 21.4 Å². The molecule has 2 heterocycles. The van der Waals surface area contributed by atoms with Gasteiger partial charge >= 0.3 is 0 Å². The third-order valence-electron chi connectivity index (χ3n) is 2.85. The lowest BCUT2D eigenvalue weighted by Gasteiger charge is -2.13. The van der Waals surface area contributed by atoms with Gasteiger partial charge in [-0.1, -0.05) is 6.07 Å². The van der Waals surface area contributed by atoms with Crippen molar-refractivity contribution in [2.24, 2.45) is 4.99 Å². The highest BCUT2D eigenvalue weighted by molar-refractivity contribution is 5.75. The van der Waals surface area contributed by atoms with Crippen LogP contribution < -0.4 is 5.32 Å². The molecule has 0 saturated carbocycles. The SMILES string of the molecule is c1cnc2c(c1)C(NC1=NCCO1)CC2. The second kappa shape index (κ2) is 3.53. The van der Waals surface area contributed by atoms with Crippen molar-refractivity contribution in [2.45, 2.75) is 18.9 Å². The van der Waals surface area contributed by atoms with E-state index in [0.717, 1.165) is 19.4 Å². The topological polar surface area (TPSA) is 46.5 Å². The van der Waals surface area contributed by atoms with Gasteiger partial charge < -0.3 is 10.1 Å². The van der Waals surface area contributed by atoms with Crippen molar-refractivity contribution in [1.29, 1.82) is 0 Å². The molecule has 4 heteroatoms. The Morgan fingerprint density at radius 3 is 3.33 bits per heavy atom. The predicted molar refractivity (Wildman–Crippen MR) is 56.7 cm³/mol. The molecule has 0 saturated heterocycles. The molecule has 0 amide bonds. The van der Waals surface area contributed by atoms with Crippen LogP contribution in [0.25, 0.3) is 0 Å². The van der Waals surface area contributed by atoms with Crippen LogP contribution in [0, 0.1) is 0 Å². The standard InChI is InChI=1S/C11H13N3O/c1-2-8-9(12-5-1)3-4-10(8)14-11-13-6-7-15-11/h1-2,5,10H,3-4,6-7H2,(H,13,14). The minimum atomic E-state index is 0.325. The molecule has 15 heavy (non-hydrogen) atoms. The smallest absolute Gasteiger partial charge is 0.285 e. The Morgan fingerprint density at radius 1 is 1.47 bits per heavy atom. The molecule has 3 rings (SSSR count). The molecule has 2 aliphatic rings. The number of rotatable bonds is 1. The molecule has 78 valence electrons. The fourth-order valence-corrected chi connectivity index (χ4v) is 2.13. The monoisotopic (exact) mass is 203 g/mol. The van der Waals surface area contributed by atoms with Crippen molar-refractivity contribution in [3.8, 4) is 0 Å². The number of aromatic nitrogens is 1. The summed E-state index contributed by atoms with van der Waals surface area (Å²) in [6.45, 7) is 1.48. The number of nitrogens with one attached hydrogen (secondary N) is 1. The second-order valence-corrected chi connectivity index (χ2v) is 3.81. The zero-order valence-electron chi connectivity index (χ0n) is 8.44. The number of fused-ring (bicyclic) bond motifs is 1. The lowest BCUT2D eigenvalue weighted by atomic mass is 10.1. The van der Waals surface area contributed by atoms with Crippen LogP contribution in [-0.2, 0) is 11.2 Å². The maximum absolute atomic E-state index is 5.35. The maximum atomic E-state index is 5.35. The Morgan fingerprint density at radius 2 is 2.47 bits per heavy atom. The molecule has 0 aromatic carbocycles. The molecule has 0 spiro atoms. The minimum absolute atomic E-state index is 0.325. The third kappa shape index (κ3) is 1.56. The maximum Gasteiger partial charge on any atom is 0.285 e. The molecule has 0 bridgehead atoms. The van der Waals surface area contributed by atoms with Gasteiger partial charge in [-0.25, -0.2) is 4.99 Å². The molecule has 1 atom stereocenters. The first-order valence-electron chi connectivity index (χ1n) is 5.31. The Hall–Kier alpha value is -1.58. The summed E-state index contributed by atoms with van der Waals surface area (Å²) in [7, 11) is 0. The van der Waals surface area contributed by atoms with E-state index in [1.54, 1.807) is 0 Å². The van der Waals surface area contributed by atoms with Gasteiger partial charge in [0.25, 0.3) is 6.02 Å². The van der Waals surface area contributed by atoms with E-state index in [4.69, 9.17) is 4.74 Å². The van der Waals surface area contributed by atoms with Crippen LogP contribution in [0.15, 0.2) is 23.3 Å². The summed E-state index contributed by atoms with van der Waals surface area (Å²) in [5, 5.41) is 3.32. The average Bonchev–Trinajstić information content (AvgIpc) is 2.89. The Bertz CT molecular complexity index is 403. The molecule has 0 radical (unpaired) electrons. The van der Waals surface area contributed by atoms with Gasteiger partial charge in [-0.2, -0.15) is 0 Å². The van der Waals surface area contributed by atoms with Gasteiger partial charge in [-0.05, 0) is 24.5 Å². The van der Waals surface area contributed by atoms with Gasteiger partial charge in [0.1, 0.15) is 6.61 Å². The first kappa shape index (κ1) is 8.71. The molecule has 4 nitrogen and oxygen atoms in total. The molecule has 1 aromatic rings. The van der Waals surface area contributed by atoms with Crippen molar-refractivity contribution >= 4 is 6.02 Å². The summed E-state index contributed by atoms with van der Waals surface area (Å²) < 4.78 is 5.35. The fourth-order valence-electron chi connectivity index (χ4n) is 2.13. The van der Waals surface area contributed by atoms with Crippen LogP contribution in [0.1, 0.15) is 23.7 Å². The van der Waals surface area contributed by atoms with E-state index in [-0.39, 0.29) is 0 Å². The highest BCUT2D eigenvalue weighted by atomic mass is 16.5. The zero-order valence-corrected chi connectivity index (χ0v) is 8.44. The number of pyridine rings is 1. The van der Waals surface area contributed by atoms with Crippen molar-refractivity contribution < 1.29 is 4.74 Å². The van der Waals surface area contributed by atoms with Gasteiger partial charge in [0.15, 0.2) is 0 Å². The molecular weight excluding hydrogens is 190 g/mol. The van der Waals surface area contributed by atoms with Gasteiger partial charge in [-0.3, -0.25) is 4.98 Å². The first-order valence-corrected chi connectivity index (χ1v) is 5.31. The Balaban J connectivity index is 1.79. The number of ether oxygens (including phenoxy) is 1. The number of amidine groups is 1. The number of aryl methyl sites for hydroxylation is 1. The van der Waals surface area contributed by atoms with E-state index < -0.39 is 0 Å². The number of hydrogen-bond donors (Lipinski definition) is 1. The number of hydrogen-bond acceptors (Lipinski definition) is 4.